The number of nitrogens with zero attached hydrogens (tertiary/aromatic N) is 2. The number of hydrogen-bond acceptors (Lipinski definition) is 3. The van der Waals surface area contributed by atoms with Crippen LogP contribution in [0.3, 0.4) is 0 Å². The number of aryl methyl sites for hydroxylation is 1. The fourth-order valence-electron chi connectivity index (χ4n) is 2.90. The highest BCUT2D eigenvalue weighted by Crippen LogP contribution is 2.29. The van der Waals surface area contributed by atoms with Gasteiger partial charge in [0, 0.05) is 31.7 Å². The van der Waals surface area contributed by atoms with Crippen molar-refractivity contribution >= 4 is 11.8 Å². The van der Waals surface area contributed by atoms with Gasteiger partial charge in [0.2, 0.25) is 0 Å². The number of carbonyl (C=O) groups excluding carboxylic acids is 2. The van der Waals surface area contributed by atoms with Crippen LogP contribution in [0.25, 0.3) is 0 Å². The van der Waals surface area contributed by atoms with Crippen LogP contribution >= 0.6 is 0 Å². The van der Waals surface area contributed by atoms with Crippen molar-refractivity contribution in [1.29, 1.82) is 0 Å². The Morgan fingerprint density at radius 2 is 1.62 bits per heavy atom. The quantitative estimate of drug-likeness (QED) is 0.820. The Bertz CT molecular complexity index is 821. The van der Waals surface area contributed by atoms with E-state index in [1.54, 1.807) is 17.9 Å². The average molecular weight is 366 g/mol. The van der Waals surface area contributed by atoms with Gasteiger partial charge in [0.25, 0.3) is 11.8 Å². The van der Waals surface area contributed by atoms with Crippen molar-refractivity contribution in [3.05, 3.63) is 59.0 Å². The van der Waals surface area contributed by atoms with Crippen LogP contribution in [0.5, 0.6) is 0 Å². The van der Waals surface area contributed by atoms with E-state index in [0.717, 1.165) is 12.1 Å². The molecule has 1 saturated heterocycles. The summed E-state index contributed by atoms with van der Waals surface area (Å²) in [4.78, 5) is 28.0. The van der Waals surface area contributed by atoms with Gasteiger partial charge in [-0.15, -0.1) is 0 Å². The Labute approximate surface area is 148 Å². The molecule has 138 valence electrons. The Morgan fingerprint density at radius 3 is 2.15 bits per heavy atom. The number of hydrogen-bond donors (Lipinski definition) is 0. The fourth-order valence-corrected chi connectivity index (χ4v) is 2.90. The van der Waals surface area contributed by atoms with E-state index in [9.17, 15) is 22.8 Å². The molecule has 1 aliphatic heterocycles. The van der Waals surface area contributed by atoms with Crippen molar-refractivity contribution < 1.29 is 27.2 Å². The number of carbonyl (C=O) groups is 2. The SMILES string of the molecule is Cc1occc1C(=O)N1CCN(C(=O)c2cccc(C(F)(F)F)c2)CC1. The number of halogens is 3. The second-order valence-electron chi connectivity index (χ2n) is 6.05. The molecule has 1 aliphatic rings. The number of rotatable bonds is 2. The van der Waals surface area contributed by atoms with Crippen molar-refractivity contribution in [3.63, 3.8) is 0 Å². The van der Waals surface area contributed by atoms with E-state index in [0.29, 0.717) is 24.4 Å². The predicted molar refractivity (Wildman–Crippen MR) is 86.7 cm³/mol. The van der Waals surface area contributed by atoms with Gasteiger partial charge in [0.05, 0.1) is 17.4 Å². The molecule has 5 nitrogen and oxygen atoms in total. The number of piperazine rings is 1. The maximum absolute atomic E-state index is 12.8. The van der Waals surface area contributed by atoms with Crippen molar-refractivity contribution in [2.75, 3.05) is 26.2 Å². The Hall–Kier alpha value is -2.77. The van der Waals surface area contributed by atoms with Crippen LogP contribution in [0.1, 0.15) is 32.0 Å². The largest absolute Gasteiger partial charge is 0.469 e. The lowest BCUT2D eigenvalue weighted by Crippen LogP contribution is -2.50. The number of benzene rings is 1. The van der Waals surface area contributed by atoms with Crippen molar-refractivity contribution in [1.82, 2.24) is 9.80 Å². The number of alkyl halides is 3. The van der Waals surface area contributed by atoms with Gasteiger partial charge < -0.3 is 14.2 Å². The van der Waals surface area contributed by atoms with E-state index < -0.39 is 17.6 Å². The zero-order chi connectivity index (χ0) is 18.9. The van der Waals surface area contributed by atoms with E-state index in [1.807, 2.05) is 0 Å². The molecule has 8 heteroatoms. The second kappa shape index (κ2) is 6.86. The average Bonchev–Trinajstić information content (AvgIpc) is 3.06. The highest BCUT2D eigenvalue weighted by molar-refractivity contribution is 5.96. The molecule has 1 aromatic heterocycles. The summed E-state index contributed by atoms with van der Waals surface area (Å²) in [6.07, 6.45) is -3.06. The molecule has 2 amide bonds. The molecule has 3 rings (SSSR count). The summed E-state index contributed by atoms with van der Waals surface area (Å²) in [5.41, 5.74) is -0.388. The molecule has 0 bridgehead atoms. The third-order valence-electron chi connectivity index (χ3n) is 4.38. The number of furan rings is 1. The Morgan fingerprint density at radius 1 is 1.00 bits per heavy atom. The molecule has 1 fully saturated rings. The van der Waals surface area contributed by atoms with Gasteiger partial charge in [-0.1, -0.05) is 6.07 Å². The lowest BCUT2D eigenvalue weighted by atomic mass is 10.1. The Kier molecular flexibility index (Phi) is 4.76. The molecule has 0 atom stereocenters. The third kappa shape index (κ3) is 3.58. The smallest absolute Gasteiger partial charge is 0.416 e. The summed E-state index contributed by atoms with van der Waals surface area (Å²) in [5, 5.41) is 0. The van der Waals surface area contributed by atoms with Crippen LogP contribution < -0.4 is 0 Å². The molecule has 0 spiro atoms. The van der Waals surface area contributed by atoms with E-state index >= 15 is 0 Å². The molecule has 2 aromatic rings. The van der Waals surface area contributed by atoms with E-state index in [-0.39, 0.29) is 24.6 Å². The molecule has 0 aliphatic carbocycles. The first-order valence-corrected chi connectivity index (χ1v) is 8.07. The van der Waals surface area contributed by atoms with Gasteiger partial charge in [-0.25, -0.2) is 0 Å². The zero-order valence-corrected chi connectivity index (χ0v) is 14.0. The highest BCUT2D eigenvalue weighted by Gasteiger charge is 2.32. The maximum atomic E-state index is 12.8. The first-order chi connectivity index (χ1) is 12.3. The van der Waals surface area contributed by atoms with Crippen molar-refractivity contribution in [2.24, 2.45) is 0 Å². The molecule has 0 saturated carbocycles. The lowest BCUT2D eigenvalue weighted by molar-refractivity contribution is -0.137. The highest BCUT2D eigenvalue weighted by atomic mass is 19.4. The van der Waals surface area contributed by atoms with Crippen LogP contribution in [0, 0.1) is 6.92 Å². The standard InChI is InChI=1S/C18H17F3N2O3/c1-12-15(5-10-26-12)17(25)23-8-6-22(7-9-23)16(24)13-3-2-4-14(11-13)18(19,20)21/h2-5,10-11H,6-9H2,1H3. The third-order valence-corrected chi connectivity index (χ3v) is 4.38. The summed E-state index contributed by atoms with van der Waals surface area (Å²) in [5.74, 6) is -0.123. The monoisotopic (exact) mass is 366 g/mol. The molecular weight excluding hydrogens is 349 g/mol. The number of amides is 2. The van der Waals surface area contributed by atoms with Crippen LogP contribution in [-0.4, -0.2) is 47.8 Å². The van der Waals surface area contributed by atoms with Crippen LogP contribution in [0.15, 0.2) is 41.0 Å². The van der Waals surface area contributed by atoms with Crippen molar-refractivity contribution in [2.45, 2.75) is 13.1 Å². The molecule has 26 heavy (non-hydrogen) atoms. The lowest BCUT2D eigenvalue weighted by Gasteiger charge is -2.34. The second-order valence-corrected chi connectivity index (χ2v) is 6.05. The Balaban J connectivity index is 1.66. The summed E-state index contributed by atoms with van der Waals surface area (Å²) in [6.45, 7) is 2.85. The van der Waals surface area contributed by atoms with E-state index in [4.69, 9.17) is 4.42 Å². The van der Waals surface area contributed by atoms with Gasteiger partial charge in [-0.05, 0) is 31.2 Å². The van der Waals surface area contributed by atoms with Gasteiger partial charge in [-0.3, -0.25) is 9.59 Å². The van der Waals surface area contributed by atoms with Gasteiger partial charge in [-0.2, -0.15) is 13.2 Å². The topological polar surface area (TPSA) is 53.8 Å². The molecule has 0 N–H and O–H groups in total. The van der Waals surface area contributed by atoms with E-state index in [2.05, 4.69) is 0 Å². The van der Waals surface area contributed by atoms with E-state index in [1.165, 1.54) is 23.3 Å². The summed E-state index contributed by atoms with van der Waals surface area (Å²) >= 11 is 0. The van der Waals surface area contributed by atoms with Gasteiger partial charge >= 0.3 is 6.18 Å². The maximum Gasteiger partial charge on any atom is 0.416 e. The molecule has 0 unspecified atom stereocenters. The first-order valence-electron chi connectivity index (χ1n) is 8.07. The van der Waals surface area contributed by atoms with Gasteiger partial charge in [0.1, 0.15) is 5.76 Å². The zero-order valence-electron chi connectivity index (χ0n) is 14.0. The first kappa shape index (κ1) is 18.0. The fraction of sp³-hybridized carbons (Fsp3) is 0.333. The van der Waals surface area contributed by atoms with Crippen LogP contribution in [0.4, 0.5) is 13.2 Å². The minimum Gasteiger partial charge on any atom is -0.469 e. The molecule has 2 heterocycles. The summed E-state index contributed by atoms with van der Waals surface area (Å²) in [6, 6.07) is 5.97. The van der Waals surface area contributed by atoms with Crippen LogP contribution in [-0.2, 0) is 6.18 Å². The normalized spacial score (nSPS) is 15.2. The van der Waals surface area contributed by atoms with Crippen LogP contribution in [0.2, 0.25) is 0 Å². The minimum atomic E-state index is -4.50. The summed E-state index contributed by atoms with van der Waals surface area (Å²) < 4.78 is 43.5. The van der Waals surface area contributed by atoms with Crippen molar-refractivity contribution in [3.8, 4) is 0 Å². The molecule has 0 radical (unpaired) electrons. The van der Waals surface area contributed by atoms with Gasteiger partial charge in [0.15, 0.2) is 0 Å². The predicted octanol–water partition coefficient (Wildman–Crippen LogP) is 3.21. The summed E-state index contributed by atoms with van der Waals surface area (Å²) in [7, 11) is 0. The molecule has 1 aromatic carbocycles. The molecular formula is C18H17F3N2O3. The minimum absolute atomic E-state index is 0.00900.